The van der Waals surface area contributed by atoms with Gasteiger partial charge in [0.1, 0.15) is 10.4 Å². The normalized spacial score (nSPS) is 11.4. The Morgan fingerprint density at radius 1 is 1.33 bits per heavy atom. The van der Waals surface area contributed by atoms with Crippen LogP contribution in [0.15, 0.2) is 22.5 Å². The summed E-state index contributed by atoms with van der Waals surface area (Å²) in [7, 11) is -4.02. The van der Waals surface area contributed by atoms with Crippen molar-refractivity contribution in [1.29, 1.82) is 0 Å². The molecule has 0 fully saturated rings. The van der Waals surface area contributed by atoms with Crippen molar-refractivity contribution in [1.82, 2.24) is 10.2 Å². The monoisotopic (exact) mass is 325 g/mol. The summed E-state index contributed by atoms with van der Waals surface area (Å²) in [4.78, 5) is -0.421. The van der Waals surface area contributed by atoms with E-state index in [0.717, 1.165) is 17.4 Å². The third kappa shape index (κ3) is 2.66. The molecule has 10 heteroatoms. The fourth-order valence-corrected chi connectivity index (χ4v) is 3.59. The lowest BCUT2D eigenvalue weighted by atomic mass is 10.3. The number of nitrogens with zero attached hydrogens (tertiary/aromatic N) is 2. The Kier molecular flexibility index (Phi) is 3.62. The first-order valence-electron chi connectivity index (χ1n) is 4.37. The molecule has 0 bridgehead atoms. The molecule has 0 atom stereocenters. The second-order valence-corrected chi connectivity index (χ2v) is 6.41. The number of hydrogen-bond donors (Lipinski definition) is 2. The van der Waals surface area contributed by atoms with Crippen LogP contribution in [0.25, 0.3) is 0 Å². The maximum Gasteiger partial charge on any atom is 0.267 e. The Labute approximate surface area is 116 Å². The van der Waals surface area contributed by atoms with Crippen molar-refractivity contribution in [2.45, 2.75) is 4.90 Å². The summed E-state index contributed by atoms with van der Waals surface area (Å²) in [5.74, 6) is -0.571. The van der Waals surface area contributed by atoms with Gasteiger partial charge in [0.05, 0.1) is 5.02 Å². The summed E-state index contributed by atoms with van der Waals surface area (Å²) in [6.07, 6.45) is 0. The minimum Gasteiger partial charge on any atom is -0.505 e. The summed E-state index contributed by atoms with van der Waals surface area (Å²) >= 11 is 12.4. The van der Waals surface area contributed by atoms with E-state index in [-0.39, 0.29) is 15.2 Å². The Morgan fingerprint density at radius 2 is 2.06 bits per heavy atom. The van der Waals surface area contributed by atoms with Crippen molar-refractivity contribution < 1.29 is 13.5 Å². The number of halogens is 2. The molecule has 0 amide bonds. The van der Waals surface area contributed by atoms with E-state index < -0.39 is 20.7 Å². The molecule has 1 heterocycles. The van der Waals surface area contributed by atoms with Gasteiger partial charge >= 0.3 is 0 Å². The van der Waals surface area contributed by atoms with Gasteiger partial charge in [-0.3, -0.25) is 4.72 Å². The number of aromatic hydroxyl groups is 1. The average molecular weight is 326 g/mol. The minimum atomic E-state index is -4.02. The van der Waals surface area contributed by atoms with Crippen LogP contribution in [0.5, 0.6) is 5.75 Å². The zero-order chi connectivity index (χ0) is 13.3. The zero-order valence-electron chi connectivity index (χ0n) is 8.46. The molecule has 0 saturated heterocycles. The van der Waals surface area contributed by atoms with Crippen molar-refractivity contribution in [3.05, 3.63) is 27.7 Å². The lowest BCUT2D eigenvalue weighted by molar-refractivity contribution is 0.459. The van der Waals surface area contributed by atoms with E-state index in [2.05, 4.69) is 14.9 Å². The molecule has 1 aromatic heterocycles. The Morgan fingerprint density at radius 3 is 2.67 bits per heavy atom. The highest BCUT2D eigenvalue weighted by molar-refractivity contribution is 7.93. The van der Waals surface area contributed by atoms with Gasteiger partial charge in [0, 0.05) is 5.02 Å². The largest absolute Gasteiger partial charge is 0.505 e. The van der Waals surface area contributed by atoms with Gasteiger partial charge in [0.15, 0.2) is 5.75 Å². The van der Waals surface area contributed by atoms with Gasteiger partial charge < -0.3 is 5.11 Å². The summed E-state index contributed by atoms with van der Waals surface area (Å²) < 4.78 is 26.1. The number of hydrogen-bond acceptors (Lipinski definition) is 6. The maximum absolute atomic E-state index is 12.0. The number of anilines is 1. The molecule has 0 aliphatic heterocycles. The first kappa shape index (κ1) is 13.3. The first-order chi connectivity index (χ1) is 8.40. The minimum absolute atomic E-state index is 0.0745. The SMILES string of the molecule is O=S(=O)(Nc1nncs1)c1cc(Cl)cc(Cl)c1O. The number of phenols is 1. The van der Waals surface area contributed by atoms with Gasteiger partial charge in [-0.1, -0.05) is 34.5 Å². The number of nitrogens with one attached hydrogen (secondary N) is 1. The van der Waals surface area contributed by atoms with Gasteiger partial charge in [0.2, 0.25) is 5.13 Å². The second kappa shape index (κ2) is 4.88. The van der Waals surface area contributed by atoms with Crippen LogP contribution in [0.3, 0.4) is 0 Å². The molecule has 0 saturated carbocycles. The van der Waals surface area contributed by atoms with Gasteiger partial charge in [-0.15, -0.1) is 10.2 Å². The number of phenolic OH excluding ortho intramolecular Hbond substituents is 1. The molecule has 0 radical (unpaired) electrons. The molecular formula is C8H5Cl2N3O3S2. The van der Waals surface area contributed by atoms with Gasteiger partial charge in [-0.2, -0.15) is 0 Å². The van der Waals surface area contributed by atoms with Crippen LogP contribution in [-0.2, 0) is 10.0 Å². The predicted molar refractivity (Wildman–Crippen MR) is 68.8 cm³/mol. The van der Waals surface area contributed by atoms with E-state index in [1.165, 1.54) is 11.6 Å². The lowest BCUT2D eigenvalue weighted by Gasteiger charge is -2.08. The first-order valence-corrected chi connectivity index (χ1v) is 7.49. The van der Waals surface area contributed by atoms with E-state index in [1.54, 1.807) is 0 Å². The van der Waals surface area contributed by atoms with Crippen molar-refractivity contribution in [2.75, 3.05) is 4.72 Å². The van der Waals surface area contributed by atoms with E-state index in [0.29, 0.717) is 0 Å². The van der Waals surface area contributed by atoms with Gasteiger partial charge in [0.25, 0.3) is 10.0 Å². The molecule has 6 nitrogen and oxygen atoms in total. The lowest BCUT2D eigenvalue weighted by Crippen LogP contribution is -2.13. The molecule has 96 valence electrons. The zero-order valence-corrected chi connectivity index (χ0v) is 11.6. The van der Waals surface area contributed by atoms with Crippen LogP contribution in [0, 0.1) is 0 Å². The third-order valence-electron chi connectivity index (χ3n) is 1.86. The number of benzene rings is 1. The third-order valence-corrected chi connectivity index (χ3v) is 4.46. The molecule has 1 aromatic carbocycles. The molecule has 0 aliphatic rings. The van der Waals surface area contributed by atoms with Gasteiger partial charge in [-0.25, -0.2) is 8.42 Å². The van der Waals surface area contributed by atoms with Crippen LogP contribution in [0.2, 0.25) is 10.0 Å². The maximum atomic E-state index is 12.0. The summed E-state index contributed by atoms with van der Waals surface area (Å²) in [5.41, 5.74) is 1.36. The molecule has 0 aliphatic carbocycles. The van der Waals surface area contributed by atoms with E-state index >= 15 is 0 Å². The standard InChI is InChI=1S/C8H5Cl2N3O3S2/c9-4-1-5(10)7(14)6(2-4)18(15,16)13-8-12-11-3-17-8/h1-3,14H,(H,12,13). The van der Waals surface area contributed by atoms with Crippen LogP contribution < -0.4 is 4.72 Å². The molecule has 0 unspecified atom stereocenters. The molecule has 2 aromatic rings. The molecule has 18 heavy (non-hydrogen) atoms. The highest BCUT2D eigenvalue weighted by Crippen LogP contribution is 2.34. The Balaban J connectivity index is 2.48. The predicted octanol–water partition coefficient (Wildman–Crippen LogP) is 2.35. The highest BCUT2D eigenvalue weighted by atomic mass is 35.5. The van der Waals surface area contributed by atoms with Crippen LogP contribution >= 0.6 is 34.5 Å². The quantitative estimate of drug-likeness (QED) is 0.903. The Bertz CT molecular complexity index is 673. The Hall–Kier alpha value is -1.09. The second-order valence-electron chi connectivity index (χ2n) is 3.08. The van der Waals surface area contributed by atoms with Crippen LogP contribution in [0.1, 0.15) is 0 Å². The van der Waals surface area contributed by atoms with Crippen LogP contribution in [0.4, 0.5) is 5.13 Å². The van der Waals surface area contributed by atoms with E-state index in [1.807, 2.05) is 0 Å². The number of sulfonamides is 1. The number of aromatic nitrogens is 2. The van der Waals surface area contributed by atoms with Gasteiger partial charge in [-0.05, 0) is 12.1 Å². The topological polar surface area (TPSA) is 92.2 Å². The van der Waals surface area contributed by atoms with E-state index in [4.69, 9.17) is 23.2 Å². The molecular weight excluding hydrogens is 321 g/mol. The fourth-order valence-electron chi connectivity index (χ4n) is 1.13. The van der Waals surface area contributed by atoms with Crippen molar-refractivity contribution in [3.63, 3.8) is 0 Å². The summed E-state index contributed by atoms with van der Waals surface area (Å²) in [5, 5.41) is 16.7. The number of rotatable bonds is 3. The molecule has 2 rings (SSSR count). The molecule has 0 spiro atoms. The molecule has 2 N–H and O–H groups in total. The van der Waals surface area contributed by atoms with Crippen molar-refractivity contribution in [3.8, 4) is 5.75 Å². The van der Waals surface area contributed by atoms with Crippen molar-refractivity contribution >= 4 is 49.7 Å². The average Bonchev–Trinajstić information content (AvgIpc) is 2.75. The fraction of sp³-hybridized carbons (Fsp3) is 0. The summed E-state index contributed by atoms with van der Waals surface area (Å²) in [6.45, 7) is 0. The smallest absolute Gasteiger partial charge is 0.267 e. The van der Waals surface area contributed by atoms with Crippen molar-refractivity contribution in [2.24, 2.45) is 0 Å². The summed E-state index contributed by atoms with van der Waals surface area (Å²) in [6, 6.07) is 2.33. The highest BCUT2D eigenvalue weighted by Gasteiger charge is 2.22. The van der Waals surface area contributed by atoms with E-state index in [9.17, 15) is 13.5 Å². The van der Waals surface area contributed by atoms with Crippen LogP contribution in [-0.4, -0.2) is 23.7 Å².